The molecule has 3 heterocycles. The molecule has 1 aliphatic rings. The zero-order valence-electron chi connectivity index (χ0n) is 13.6. The van der Waals surface area contributed by atoms with Gasteiger partial charge in [0.05, 0.1) is 17.7 Å². The van der Waals surface area contributed by atoms with Gasteiger partial charge in [-0.25, -0.2) is 4.98 Å². The fraction of sp³-hybridized carbons (Fsp3) is 0.500. The highest BCUT2D eigenvalue weighted by Gasteiger charge is 2.24. The number of carbonyl (C=O) groups is 1. The van der Waals surface area contributed by atoms with Crippen molar-refractivity contribution in [3.8, 4) is 0 Å². The second-order valence-electron chi connectivity index (χ2n) is 6.05. The summed E-state index contributed by atoms with van der Waals surface area (Å²) < 4.78 is 6.85. The average molecular weight is 362 g/mol. The van der Waals surface area contributed by atoms with E-state index in [0.717, 1.165) is 34.6 Å². The standard InChI is InChI=1S/C16H18N4O2S2/c1-3-22-12(21)7-23-16-19-18-14-13-10-5-4-9(2)6-11(10)24-15(13)17-8-20(14)16/h8-9H,3-7H2,1-2H3/t9-/m0/s1. The summed E-state index contributed by atoms with van der Waals surface area (Å²) >= 11 is 3.11. The molecule has 0 saturated carbocycles. The molecule has 0 aliphatic heterocycles. The second-order valence-corrected chi connectivity index (χ2v) is 8.07. The summed E-state index contributed by atoms with van der Waals surface area (Å²) in [5.74, 6) is 0.719. The summed E-state index contributed by atoms with van der Waals surface area (Å²) in [5, 5.41) is 10.4. The van der Waals surface area contributed by atoms with Crippen LogP contribution in [0.5, 0.6) is 0 Å². The summed E-state index contributed by atoms with van der Waals surface area (Å²) in [7, 11) is 0. The molecule has 0 spiro atoms. The summed E-state index contributed by atoms with van der Waals surface area (Å²) in [6.07, 6.45) is 5.17. The van der Waals surface area contributed by atoms with Gasteiger partial charge >= 0.3 is 5.97 Å². The molecule has 1 aliphatic carbocycles. The zero-order chi connectivity index (χ0) is 16.7. The zero-order valence-corrected chi connectivity index (χ0v) is 15.2. The maximum Gasteiger partial charge on any atom is 0.316 e. The number of fused-ring (bicyclic) bond motifs is 5. The van der Waals surface area contributed by atoms with Gasteiger partial charge in [-0.05, 0) is 37.7 Å². The molecule has 24 heavy (non-hydrogen) atoms. The normalized spacial score (nSPS) is 17.3. The van der Waals surface area contributed by atoms with Crippen LogP contribution in [0.25, 0.3) is 15.9 Å². The Hall–Kier alpha value is -1.67. The minimum Gasteiger partial charge on any atom is -0.465 e. The first-order valence-corrected chi connectivity index (χ1v) is 9.90. The molecule has 0 radical (unpaired) electrons. The number of thiophene rings is 1. The molecule has 0 unspecified atom stereocenters. The number of rotatable bonds is 4. The largest absolute Gasteiger partial charge is 0.465 e. The Morgan fingerprint density at radius 2 is 2.38 bits per heavy atom. The van der Waals surface area contributed by atoms with E-state index in [-0.39, 0.29) is 11.7 Å². The van der Waals surface area contributed by atoms with Crippen molar-refractivity contribution in [2.75, 3.05) is 12.4 Å². The minimum absolute atomic E-state index is 0.228. The van der Waals surface area contributed by atoms with Crippen LogP contribution in [0.4, 0.5) is 0 Å². The quantitative estimate of drug-likeness (QED) is 0.525. The highest BCUT2D eigenvalue weighted by molar-refractivity contribution is 7.99. The SMILES string of the molecule is CCOC(=O)CSc1nnc2c3c4c(sc3ncn12)C[C@@H](C)CC4. The number of carbonyl (C=O) groups excluding carboxylic acids is 1. The number of nitrogens with zero attached hydrogens (tertiary/aromatic N) is 4. The number of hydrogen-bond acceptors (Lipinski definition) is 7. The Labute approximate surface area is 147 Å². The summed E-state index contributed by atoms with van der Waals surface area (Å²) in [6, 6.07) is 0. The van der Waals surface area contributed by atoms with Crippen LogP contribution in [0.15, 0.2) is 11.5 Å². The Morgan fingerprint density at radius 1 is 1.50 bits per heavy atom. The van der Waals surface area contributed by atoms with Gasteiger partial charge in [0.25, 0.3) is 0 Å². The van der Waals surface area contributed by atoms with Crippen molar-refractivity contribution in [1.82, 2.24) is 19.6 Å². The molecule has 6 nitrogen and oxygen atoms in total. The van der Waals surface area contributed by atoms with Crippen molar-refractivity contribution in [3.63, 3.8) is 0 Å². The van der Waals surface area contributed by atoms with Crippen molar-refractivity contribution < 1.29 is 9.53 Å². The maximum absolute atomic E-state index is 11.6. The second kappa shape index (κ2) is 6.33. The van der Waals surface area contributed by atoms with Gasteiger partial charge in [-0.3, -0.25) is 9.20 Å². The third kappa shape index (κ3) is 2.67. The van der Waals surface area contributed by atoms with E-state index in [4.69, 9.17) is 4.74 Å². The van der Waals surface area contributed by atoms with Gasteiger partial charge in [0.1, 0.15) is 11.2 Å². The van der Waals surface area contributed by atoms with Crippen LogP contribution in [0.3, 0.4) is 0 Å². The monoisotopic (exact) mass is 362 g/mol. The van der Waals surface area contributed by atoms with Crippen molar-refractivity contribution in [2.45, 2.75) is 38.3 Å². The highest BCUT2D eigenvalue weighted by Crippen LogP contribution is 2.39. The van der Waals surface area contributed by atoms with Crippen LogP contribution in [-0.2, 0) is 22.4 Å². The van der Waals surface area contributed by atoms with Crippen LogP contribution in [-0.4, -0.2) is 37.9 Å². The van der Waals surface area contributed by atoms with Gasteiger partial charge in [0.15, 0.2) is 10.8 Å². The molecule has 4 rings (SSSR count). The molecule has 8 heteroatoms. The first kappa shape index (κ1) is 15.8. The van der Waals surface area contributed by atoms with Gasteiger partial charge in [0, 0.05) is 4.88 Å². The van der Waals surface area contributed by atoms with Gasteiger partial charge in [0.2, 0.25) is 0 Å². The molecule has 0 fully saturated rings. The van der Waals surface area contributed by atoms with E-state index in [1.54, 1.807) is 24.6 Å². The molecular weight excluding hydrogens is 344 g/mol. The van der Waals surface area contributed by atoms with Crippen molar-refractivity contribution >= 4 is 44.9 Å². The summed E-state index contributed by atoms with van der Waals surface area (Å²) in [4.78, 5) is 18.6. The molecule has 3 aromatic heterocycles. The van der Waals surface area contributed by atoms with Crippen molar-refractivity contribution in [2.24, 2.45) is 5.92 Å². The van der Waals surface area contributed by atoms with Gasteiger partial charge in [-0.15, -0.1) is 21.5 Å². The highest BCUT2D eigenvalue weighted by atomic mass is 32.2. The Bertz CT molecular complexity index is 918. The van der Waals surface area contributed by atoms with Gasteiger partial charge < -0.3 is 4.74 Å². The fourth-order valence-corrected chi connectivity index (χ4v) is 5.19. The Balaban J connectivity index is 1.73. The van der Waals surface area contributed by atoms with Crippen LogP contribution in [0, 0.1) is 5.92 Å². The van der Waals surface area contributed by atoms with Crippen molar-refractivity contribution in [3.05, 3.63) is 16.8 Å². The molecule has 0 aromatic carbocycles. The fourth-order valence-electron chi connectivity index (χ4n) is 3.14. The summed E-state index contributed by atoms with van der Waals surface area (Å²) in [5.41, 5.74) is 2.24. The molecule has 0 N–H and O–H groups in total. The lowest BCUT2D eigenvalue weighted by Crippen LogP contribution is -2.08. The Kier molecular flexibility index (Phi) is 4.17. The number of thioether (sulfide) groups is 1. The number of aryl methyl sites for hydroxylation is 1. The van der Waals surface area contributed by atoms with E-state index >= 15 is 0 Å². The minimum atomic E-state index is -0.241. The molecule has 126 valence electrons. The predicted octanol–water partition coefficient (Wildman–Crippen LogP) is 3.12. The van der Waals surface area contributed by atoms with Crippen molar-refractivity contribution in [1.29, 1.82) is 0 Å². The number of ether oxygens (including phenoxy) is 1. The van der Waals surface area contributed by atoms with E-state index in [1.165, 1.54) is 28.6 Å². The van der Waals surface area contributed by atoms with Gasteiger partial charge in [-0.2, -0.15) is 0 Å². The summed E-state index contributed by atoms with van der Waals surface area (Å²) in [6.45, 7) is 4.50. The average Bonchev–Trinajstić information content (AvgIpc) is 3.12. The van der Waals surface area contributed by atoms with Crippen LogP contribution in [0.1, 0.15) is 30.7 Å². The van der Waals surface area contributed by atoms with E-state index in [2.05, 4.69) is 22.1 Å². The number of aromatic nitrogens is 4. The molecular formula is C16H18N4O2S2. The molecule has 1 atom stereocenters. The number of esters is 1. The van der Waals surface area contributed by atoms with E-state index in [0.29, 0.717) is 11.8 Å². The molecule has 0 amide bonds. The lowest BCUT2D eigenvalue weighted by atomic mass is 9.89. The number of hydrogen-bond donors (Lipinski definition) is 0. The van der Waals surface area contributed by atoms with Crippen LogP contribution >= 0.6 is 23.1 Å². The first-order chi connectivity index (χ1) is 11.7. The smallest absolute Gasteiger partial charge is 0.316 e. The lowest BCUT2D eigenvalue weighted by Gasteiger charge is -2.17. The van der Waals surface area contributed by atoms with Crippen LogP contribution in [0.2, 0.25) is 0 Å². The molecule has 0 saturated heterocycles. The van der Waals surface area contributed by atoms with Gasteiger partial charge in [-0.1, -0.05) is 18.7 Å². The van der Waals surface area contributed by atoms with E-state index in [1.807, 2.05) is 4.40 Å². The predicted molar refractivity (Wildman–Crippen MR) is 94.7 cm³/mol. The van der Waals surface area contributed by atoms with Crippen LogP contribution < -0.4 is 0 Å². The molecule has 3 aromatic rings. The lowest BCUT2D eigenvalue weighted by molar-refractivity contribution is -0.139. The van der Waals surface area contributed by atoms with E-state index < -0.39 is 0 Å². The Morgan fingerprint density at radius 3 is 3.21 bits per heavy atom. The third-order valence-corrected chi connectivity index (χ3v) is 6.38. The van der Waals surface area contributed by atoms with E-state index in [9.17, 15) is 4.79 Å². The molecule has 0 bridgehead atoms. The third-order valence-electron chi connectivity index (χ3n) is 4.30. The maximum atomic E-state index is 11.6. The first-order valence-electron chi connectivity index (χ1n) is 8.09. The topological polar surface area (TPSA) is 69.4 Å².